The molecular weight excluding hydrogens is 488 g/mol. The number of halogens is 2. The van der Waals surface area contributed by atoms with Crippen molar-refractivity contribution in [1.29, 1.82) is 0 Å². The summed E-state index contributed by atoms with van der Waals surface area (Å²) in [5.41, 5.74) is 3.03. The number of aromatic hydroxyl groups is 1. The number of phenols is 1. The van der Waals surface area contributed by atoms with Gasteiger partial charge in [-0.05, 0) is 72.3 Å². The molecule has 0 unspecified atom stereocenters. The second-order valence-electron chi connectivity index (χ2n) is 8.83. The fraction of sp³-hybridized carbons (Fsp3) is 0.400. The van der Waals surface area contributed by atoms with Gasteiger partial charge in [-0.15, -0.1) is 0 Å². The molecule has 0 atom stereocenters. The average molecular weight is 518 g/mol. The summed E-state index contributed by atoms with van der Waals surface area (Å²) in [5, 5.41) is 19.2. The van der Waals surface area contributed by atoms with E-state index < -0.39 is 0 Å². The monoisotopic (exact) mass is 516 g/mol. The minimum Gasteiger partial charge on any atom is -0.506 e. The minimum absolute atomic E-state index is 0.259. The van der Waals surface area contributed by atoms with Gasteiger partial charge in [-0.3, -0.25) is 0 Å². The molecule has 1 saturated carbocycles. The van der Waals surface area contributed by atoms with Gasteiger partial charge in [0.05, 0.1) is 9.99 Å². The van der Waals surface area contributed by atoms with Crippen molar-refractivity contribution in [3.8, 4) is 5.75 Å². The third-order valence-corrected chi connectivity index (χ3v) is 7.05. The topological polar surface area (TPSA) is 60.4 Å². The summed E-state index contributed by atoms with van der Waals surface area (Å²) in [7, 11) is 4.15. The van der Waals surface area contributed by atoms with Gasteiger partial charge >= 0.3 is 0 Å². The molecule has 3 N–H and O–H groups in total. The van der Waals surface area contributed by atoms with Crippen LogP contribution >= 0.6 is 27.5 Å². The molecule has 1 aromatic heterocycles. The molecule has 32 heavy (non-hydrogen) atoms. The molecule has 1 heterocycles. The summed E-state index contributed by atoms with van der Waals surface area (Å²) in [6.07, 6.45) is 4.60. The van der Waals surface area contributed by atoms with Crippen LogP contribution in [0.2, 0.25) is 5.02 Å². The van der Waals surface area contributed by atoms with E-state index >= 15 is 0 Å². The summed E-state index contributed by atoms with van der Waals surface area (Å²) in [5.74, 6) is 1.85. The van der Waals surface area contributed by atoms with Gasteiger partial charge in [0, 0.05) is 54.4 Å². The van der Waals surface area contributed by atoms with Crippen LogP contribution < -0.4 is 15.5 Å². The molecule has 1 aliphatic carbocycles. The molecule has 4 rings (SSSR count). The first-order chi connectivity index (χ1) is 15.4. The third kappa shape index (κ3) is 5.48. The molecule has 0 saturated heterocycles. The van der Waals surface area contributed by atoms with Gasteiger partial charge in [0.2, 0.25) is 0 Å². The quantitative estimate of drug-likeness (QED) is 0.349. The maximum absolute atomic E-state index is 10.2. The molecule has 3 aromatic rings. The molecule has 0 aliphatic heterocycles. The van der Waals surface area contributed by atoms with Crippen molar-refractivity contribution < 1.29 is 5.11 Å². The van der Waals surface area contributed by atoms with Gasteiger partial charge in [0.15, 0.2) is 0 Å². The SMILES string of the molecule is CN(C)c1cc(N[C@H]2CC[C@@H](CNCc3cc(Cl)cc(Br)c3O)CC2)nc2ccccc12. The van der Waals surface area contributed by atoms with Crippen LogP contribution in [0, 0.1) is 5.92 Å². The lowest BCUT2D eigenvalue weighted by Crippen LogP contribution is -2.31. The number of fused-ring (bicyclic) bond motifs is 1. The van der Waals surface area contributed by atoms with E-state index in [1.165, 1.54) is 23.9 Å². The van der Waals surface area contributed by atoms with E-state index in [0.29, 0.717) is 28.0 Å². The molecule has 0 amide bonds. The maximum Gasteiger partial charge on any atom is 0.134 e. The van der Waals surface area contributed by atoms with Gasteiger partial charge in [-0.25, -0.2) is 4.98 Å². The molecule has 0 radical (unpaired) electrons. The Morgan fingerprint density at radius 3 is 2.62 bits per heavy atom. The van der Waals surface area contributed by atoms with Gasteiger partial charge in [0.1, 0.15) is 11.6 Å². The number of aromatic nitrogens is 1. The van der Waals surface area contributed by atoms with Crippen molar-refractivity contribution in [3.63, 3.8) is 0 Å². The lowest BCUT2D eigenvalue weighted by molar-refractivity contribution is 0.323. The first-order valence-electron chi connectivity index (χ1n) is 11.1. The van der Waals surface area contributed by atoms with Gasteiger partial charge in [-0.2, -0.15) is 0 Å². The van der Waals surface area contributed by atoms with Crippen molar-refractivity contribution in [3.05, 3.63) is 57.5 Å². The molecule has 7 heteroatoms. The van der Waals surface area contributed by atoms with E-state index in [1.54, 1.807) is 6.07 Å². The zero-order chi connectivity index (χ0) is 22.7. The Labute approximate surface area is 203 Å². The number of pyridine rings is 1. The summed E-state index contributed by atoms with van der Waals surface area (Å²) >= 11 is 9.46. The molecular formula is C25H30BrClN4O. The van der Waals surface area contributed by atoms with Crippen molar-refractivity contribution in [2.75, 3.05) is 30.9 Å². The average Bonchev–Trinajstić information content (AvgIpc) is 2.77. The van der Waals surface area contributed by atoms with Crippen LogP contribution in [0.15, 0.2) is 46.9 Å². The third-order valence-electron chi connectivity index (χ3n) is 6.23. The predicted octanol–water partition coefficient (Wildman–Crippen LogP) is 6.18. The summed E-state index contributed by atoms with van der Waals surface area (Å²) < 4.78 is 0.633. The summed E-state index contributed by atoms with van der Waals surface area (Å²) in [6.45, 7) is 1.55. The first-order valence-corrected chi connectivity index (χ1v) is 12.3. The minimum atomic E-state index is 0.259. The van der Waals surface area contributed by atoms with Crippen molar-refractivity contribution >= 4 is 49.9 Å². The normalized spacial score (nSPS) is 18.6. The molecule has 5 nitrogen and oxygen atoms in total. The molecule has 0 bridgehead atoms. The van der Waals surface area contributed by atoms with E-state index in [9.17, 15) is 5.11 Å². The zero-order valence-corrected chi connectivity index (χ0v) is 20.9. The van der Waals surface area contributed by atoms with Crippen LogP contribution in [0.4, 0.5) is 11.5 Å². The smallest absolute Gasteiger partial charge is 0.134 e. The Morgan fingerprint density at radius 2 is 1.88 bits per heavy atom. The van der Waals surface area contributed by atoms with Crippen LogP contribution in [0.1, 0.15) is 31.2 Å². The van der Waals surface area contributed by atoms with Crippen LogP contribution in [0.5, 0.6) is 5.75 Å². The number of phenolic OH excluding ortho intramolecular Hbond substituents is 1. The van der Waals surface area contributed by atoms with Crippen LogP contribution in [-0.4, -0.2) is 36.8 Å². The van der Waals surface area contributed by atoms with Gasteiger partial charge < -0.3 is 20.6 Å². The van der Waals surface area contributed by atoms with Crippen LogP contribution in [0.25, 0.3) is 10.9 Å². The summed E-state index contributed by atoms with van der Waals surface area (Å²) in [4.78, 5) is 7.00. The standard InChI is InChI=1S/C25H30BrClN4O/c1-31(2)23-13-24(30-22-6-4-3-5-20(22)23)29-19-9-7-16(8-10-19)14-28-15-17-11-18(27)12-21(26)25(17)32/h3-6,11-13,16,19,28,32H,7-10,14-15H2,1-2H3,(H,29,30)/t16-,19+. The van der Waals surface area contributed by atoms with E-state index in [4.69, 9.17) is 16.6 Å². The largest absolute Gasteiger partial charge is 0.506 e. The summed E-state index contributed by atoms with van der Waals surface area (Å²) in [6, 6.07) is 14.4. The number of nitrogens with zero attached hydrogens (tertiary/aromatic N) is 2. The highest BCUT2D eigenvalue weighted by Crippen LogP contribution is 2.32. The van der Waals surface area contributed by atoms with Crippen LogP contribution in [-0.2, 0) is 6.54 Å². The number of rotatable bonds is 7. The second kappa shape index (κ2) is 10.3. The van der Waals surface area contributed by atoms with Crippen LogP contribution in [0.3, 0.4) is 0 Å². The van der Waals surface area contributed by atoms with Gasteiger partial charge in [0.25, 0.3) is 0 Å². The van der Waals surface area contributed by atoms with E-state index in [-0.39, 0.29) is 5.75 Å². The zero-order valence-electron chi connectivity index (χ0n) is 18.5. The Bertz CT molecular complexity index is 1080. The highest BCUT2D eigenvalue weighted by atomic mass is 79.9. The number of hydrogen-bond acceptors (Lipinski definition) is 5. The highest BCUT2D eigenvalue weighted by molar-refractivity contribution is 9.10. The molecule has 170 valence electrons. The van der Waals surface area contributed by atoms with E-state index in [0.717, 1.165) is 36.3 Å². The Hall–Kier alpha value is -2.02. The van der Waals surface area contributed by atoms with E-state index in [2.05, 4.69) is 69.8 Å². The Balaban J connectivity index is 1.30. The molecule has 2 aromatic carbocycles. The van der Waals surface area contributed by atoms with Crippen molar-refractivity contribution in [1.82, 2.24) is 10.3 Å². The maximum atomic E-state index is 10.2. The second-order valence-corrected chi connectivity index (χ2v) is 10.1. The van der Waals surface area contributed by atoms with Crippen molar-refractivity contribution in [2.24, 2.45) is 5.92 Å². The molecule has 0 spiro atoms. The Kier molecular flexibility index (Phi) is 7.44. The highest BCUT2D eigenvalue weighted by Gasteiger charge is 2.22. The fourth-order valence-electron chi connectivity index (χ4n) is 4.49. The predicted molar refractivity (Wildman–Crippen MR) is 138 cm³/mol. The van der Waals surface area contributed by atoms with Crippen molar-refractivity contribution in [2.45, 2.75) is 38.3 Å². The Morgan fingerprint density at radius 1 is 1.12 bits per heavy atom. The fourth-order valence-corrected chi connectivity index (χ4v) is 5.36. The molecule has 1 aliphatic rings. The number of para-hydroxylation sites is 1. The van der Waals surface area contributed by atoms with E-state index in [1.807, 2.05) is 12.1 Å². The molecule has 1 fully saturated rings. The number of nitrogens with one attached hydrogen (secondary N) is 2. The number of anilines is 2. The van der Waals surface area contributed by atoms with Gasteiger partial charge in [-0.1, -0.05) is 29.8 Å². The number of hydrogen-bond donors (Lipinski definition) is 3. The lowest BCUT2D eigenvalue weighted by atomic mass is 9.86. The number of benzene rings is 2. The lowest BCUT2D eigenvalue weighted by Gasteiger charge is -2.30. The first kappa shape index (κ1) is 23.1.